The number of carbonyl (C=O) groups is 1. The molecule has 1 amide bonds. The van der Waals surface area contributed by atoms with Crippen LogP contribution in [0.15, 0.2) is 18.7 Å². The van der Waals surface area contributed by atoms with Gasteiger partial charge in [-0.2, -0.15) is 4.57 Å². The average molecular weight is 347 g/mol. The second kappa shape index (κ2) is 4.96. The third kappa shape index (κ3) is 2.21. The van der Waals surface area contributed by atoms with Gasteiger partial charge < -0.3 is 24.0 Å². The lowest BCUT2D eigenvalue weighted by molar-refractivity contribution is -0.670. The van der Waals surface area contributed by atoms with Crippen molar-refractivity contribution in [3.05, 3.63) is 18.7 Å². The quantitative estimate of drug-likeness (QED) is 0.407. The highest BCUT2D eigenvalue weighted by molar-refractivity contribution is 5.77. The van der Waals surface area contributed by atoms with Crippen molar-refractivity contribution in [2.24, 2.45) is 7.05 Å². The lowest BCUT2D eigenvalue weighted by atomic mass is 10.0. The summed E-state index contributed by atoms with van der Waals surface area (Å²) < 4.78 is 3.61. The molecule has 2 saturated heterocycles. The number of nitrogens with zero attached hydrogens (tertiary/aromatic N) is 3. The molecule has 4 nitrogen and oxygen atoms in total. The van der Waals surface area contributed by atoms with Crippen LogP contribution in [0.5, 0.6) is 0 Å². The molecule has 0 aliphatic carbocycles. The Hall–Kier alpha value is -0.590. The van der Waals surface area contributed by atoms with E-state index >= 15 is 0 Å². The van der Waals surface area contributed by atoms with Gasteiger partial charge in [-0.1, -0.05) is 0 Å². The standard InChI is InChI=1S/C12H18N3O.HI/c1-13-7-8-14(9-13)12(16)15-10-3-2-4-11(15)6-5-10;/h7-11H,2-6H2,1H3;1H/q+1;/p-1. The molecule has 1 aromatic rings. The van der Waals surface area contributed by atoms with Gasteiger partial charge in [0.2, 0.25) is 0 Å². The van der Waals surface area contributed by atoms with Crippen LogP contribution in [0.25, 0.3) is 0 Å². The van der Waals surface area contributed by atoms with E-state index in [0.717, 1.165) is 0 Å². The molecule has 0 radical (unpaired) electrons. The summed E-state index contributed by atoms with van der Waals surface area (Å²) in [5.74, 6) is 0. The largest absolute Gasteiger partial charge is 1.00 e. The average Bonchev–Trinajstić information content (AvgIpc) is 2.80. The zero-order chi connectivity index (χ0) is 11.1. The highest BCUT2D eigenvalue weighted by Gasteiger charge is 2.41. The van der Waals surface area contributed by atoms with Gasteiger partial charge in [0.1, 0.15) is 12.4 Å². The summed E-state index contributed by atoms with van der Waals surface area (Å²) in [6.07, 6.45) is 11.7. The van der Waals surface area contributed by atoms with E-state index in [2.05, 4.69) is 4.90 Å². The molecule has 0 saturated carbocycles. The summed E-state index contributed by atoms with van der Waals surface area (Å²) in [5, 5.41) is 0. The minimum absolute atomic E-state index is 0. The van der Waals surface area contributed by atoms with Crippen molar-refractivity contribution in [2.75, 3.05) is 0 Å². The van der Waals surface area contributed by atoms with E-state index in [4.69, 9.17) is 0 Å². The van der Waals surface area contributed by atoms with E-state index in [9.17, 15) is 4.79 Å². The SMILES string of the molecule is C[n+]1ccn(C(=O)N2C3CCCC2CC3)c1.[I-]. The molecule has 2 bridgehead atoms. The van der Waals surface area contributed by atoms with Gasteiger partial charge in [0.25, 0.3) is 6.33 Å². The second-order valence-corrected chi connectivity index (χ2v) is 4.99. The zero-order valence-corrected chi connectivity index (χ0v) is 12.2. The number of rotatable bonds is 0. The number of piperidine rings is 1. The second-order valence-electron chi connectivity index (χ2n) is 4.99. The van der Waals surface area contributed by atoms with E-state index in [1.54, 1.807) is 4.57 Å². The van der Waals surface area contributed by atoms with Crippen molar-refractivity contribution in [1.82, 2.24) is 9.47 Å². The van der Waals surface area contributed by atoms with Crippen LogP contribution >= 0.6 is 0 Å². The number of fused-ring (bicyclic) bond motifs is 2. The molecule has 0 N–H and O–H groups in total. The van der Waals surface area contributed by atoms with E-state index < -0.39 is 0 Å². The molecule has 3 heterocycles. The molecule has 2 aliphatic rings. The summed E-state index contributed by atoms with van der Waals surface area (Å²) in [6, 6.07) is 1.16. The smallest absolute Gasteiger partial charge is 0.416 e. The first-order valence-electron chi connectivity index (χ1n) is 6.11. The van der Waals surface area contributed by atoms with Crippen molar-refractivity contribution < 1.29 is 33.3 Å². The Kier molecular flexibility index (Phi) is 3.75. The van der Waals surface area contributed by atoms with Crippen molar-refractivity contribution in [1.29, 1.82) is 0 Å². The molecule has 2 unspecified atom stereocenters. The molecule has 1 aromatic heterocycles. The van der Waals surface area contributed by atoms with Gasteiger partial charge in [-0.3, -0.25) is 4.90 Å². The van der Waals surface area contributed by atoms with E-state index in [1.807, 2.05) is 30.3 Å². The third-order valence-electron chi connectivity index (χ3n) is 3.91. The lowest BCUT2D eigenvalue weighted by Crippen LogP contribution is -3.00. The van der Waals surface area contributed by atoms with Gasteiger partial charge in [0.05, 0.1) is 7.05 Å². The lowest BCUT2D eigenvalue weighted by Gasteiger charge is -2.32. The maximum Gasteiger partial charge on any atom is 0.416 e. The Morgan fingerprint density at radius 1 is 1.24 bits per heavy atom. The summed E-state index contributed by atoms with van der Waals surface area (Å²) in [7, 11) is 1.94. The van der Waals surface area contributed by atoms with Crippen LogP contribution in [0.4, 0.5) is 4.79 Å². The first kappa shape index (κ1) is 12.9. The van der Waals surface area contributed by atoms with Gasteiger partial charge >= 0.3 is 6.03 Å². The number of amides is 1. The fourth-order valence-corrected chi connectivity index (χ4v) is 3.13. The molecule has 3 rings (SSSR count). The number of hydrogen-bond donors (Lipinski definition) is 0. The molecule has 17 heavy (non-hydrogen) atoms. The molecule has 94 valence electrons. The maximum absolute atomic E-state index is 12.3. The topological polar surface area (TPSA) is 29.1 Å². The van der Waals surface area contributed by atoms with E-state index in [-0.39, 0.29) is 30.0 Å². The van der Waals surface area contributed by atoms with Crippen LogP contribution < -0.4 is 28.5 Å². The number of aromatic nitrogens is 2. The number of carbonyl (C=O) groups excluding carboxylic acids is 1. The van der Waals surface area contributed by atoms with Crippen LogP contribution in [-0.2, 0) is 7.05 Å². The van der Waals surface area contributed by atoms with Gasteiger partial charge in [-0.25, -0.2) is 9.36 Å². The Balaban J connectivity index is 0.00000108. The maximum atomic E-state index is 12.3. The number of aryl methyl sites for hydroxylation is 1. The minimum atomic E-state index is 0. The summed E-state index contributed by atoms with van der Waals surface area (Å²) in [5.41, 5.74) is 0. The zero-order valence-electron chi connectivity index (χ0n) is 10.1. The van der Waals surface area contributed by atoms with E-state index in [1.165, 1.54) is 32.1 Å². The Morgan fingerprint density at radius 2 is 1.88 bits per heavy atom. The fraction of sp³-hybridized carbons (Fsp3) is 0.667. The molecular formula is C12H18IN3O. The first-order chi connectivity index (χ1) is 7.75. The minimum Gasteiger partial charge on any atom is -1.00 e. The van der Waals surface area contributed by atoms with Crippen LogP contribution in [0.1, 0.15) is 32.1 Å². The van der Waals surface area contributed by atoms with Crippen LogP contribution in [0.2, 0.25) is 0 Å². The molecule has 0 spiro atoms. The molecule has 0 aromatic carbocycles. The first-order valence-corrected chi connectivity index (χ1v) is 6.11. The normalized spacial score (nSPS) is 26.8. The highest BCUT2D eigenvalue weighted by atomic mass is 127. The number of hydrogen-bond acceptors (Lipinski definition) is 1. The predicted molar refractivity (Wildman–Crippen MR) is 58.9 cm³/mol. The van der Waals surface area contributed by atoms with Gasteiger partial charge in [0, 0.05) is 12.1 Å². The predicted octanol–water partition coefficient (Wildman–Crippen LogP) is -1.70. The van der Waals surface area contributed by atoms with Gasteiger partial charge in [0.15, 0.2) is 0 Å². The highest BCUT2D eigenvalue weighted by Crippen LogP contribution is 2.35. The number of halogens is 1. The van der Waals surface area contributed by atoms with Crippen molar-refractivity contribution in [2.45, 2.75) is 44.2 Å². The van der Waals surface area contributed by atoms with Crippen molar-refractivity contribution in [3.8, 4) is 0 Å². The summed E-state index contributed by atoms with van der Waals surface area (Å²) >= 11 is 0. The van der Waals surface area contributed by atoms with Crippen molar-refractivity contribution >= 4 is 6.03 Å². The van der Waals surface area contributed by atoms with Crippen LogP contribution in [0.3, 0.4) is 0 Å². The van der Waals surface area contributed by atoms with E-state index in [0.29, 0.717) is 12.1 Å². The van der Waals surface area contributed by atoms with Crippen LogP contribution in [0, 0.1) is 0 Å². The molecule has 2 aliphatic heterocycles. The monoisotopic (exact) mass is 347 g/mol. The van der Waals surface area contributed by atoms with Crippen molar-refractivity contribution in [3.63, 3.8) is 0 Å². The summed E-state index contributed by atoms with van der Waals surface area (Å²) in [4.78, 5) is 14.5. The Bertz CT molecular complexity index is 402. The molecule has 5 heteroatoms. The Morgan fingerprint density at radius 3 is 2.41 bits per heavy atom. The Labute approximate surface area is 119 Å². The fourth-order valence-electron chi connectivity index (χ4n) is 3.13. The molecule has 2 atom stereocenters. The van der Waals surface area contributed by atoms with Crippen LogP contribution in [-0.4, -0.2) is 27.6 Å². The molecule has 2 fully saturated rings. The summed E-state index contributed by atoms with van der Waals surface area (Å²) in [6.45, 7) is 0. The molecular weight excluding hydrogens is 329 g/mol. The third-order valence-corrected chi connectivity index (χ3v) is 3.91. The number of imidazole rings is 1. The van der Waals surface area contributed by atoms with Gasteiger partial charge in [-0.05, 0) is 32.1 Å². The van der Waals surface area contributed by atoms with Gasteiger partial charge in [-0.15, -0.1) is 0 Å².